The zero-order chi connectivity index (χ0) is 15.3. The number of hydrogen-bond acceptors (Lipinski definition) is 4. The number of hydrogen-bond donors (Lipinski definition) is 3. The van der Waals surface area contributed by atoms with Crippen molar-refractivity contribution in [2.45, 2.75) is 25.8 Å². The predicted molar refractivity (Wildman–Crippen MR) is 71.4 cm³/mol. The van der Waals surface area contributed by atoms with E-state index in [0.29, 0.717) is 0 Å². The second kappa shape index (κ2) is 6.14. The first-order valence-corrected chi connectivity index (χ1v) is 6.08. The first-order valence-electron chi connectivity index (χ1n) is 6.08. The maximum absolute atomic E-state index is 12.0. The van der Waals surface area contributed by atoms with Gasteiger partial charge >= 0.3 is 5.97 Å². The van der Waals surface area contributed by atoms with Gasteiger partial charge in [0.25, 0.3) is 11.8 Å². The molecular weight excluding hydrogens is 262 g/mol. The van der Waals surface area contributed by atoms with Gasteiger partial charge in [0.1, 0.15) is 11.2 Å². The van der Waals surface area contributed by atoms with E-state index in [1.807, 2.05) is 0 Å². The molecule has 0 spiro atoms. The Labute approximate surface area is 116 Å². The molecule has 1 unspecified atom stereocenters. The van der Waals surface area contributed by atoms with E-state index in [1.165, 1.54) is 32.3 Å². The van der Waals surface area contributed by atoms with Crippen LogP contribution in [-0.4, -0.2) is 40.5 Å². The molecule has 1 heterocycles. The Morgan fingerprint density at radius 2 is 1.95 bits per heavy atom. The number of nitrogens with zero attached hydrogens (tertiary/aromatic N) is 1. The number of nitrogens with one attached hydrogen (secondary N) is 2. The van der Waals surface area contributed by atoms with Crippen molar-refractivity contribution in [2.24, 2.45) is 0 Å². The standard InChI is InChI=1S/C13H17N3O4/c1-4-13(2,12(19)20)16-10(17)8-5-6-9(15-7-8)11(18)14-3/h5-7H,4H2,1-3H3,(H,14,18)(H,16,17)(H,19,20). The third-order valence-electron chi connectivity index (χ3n) is 3.05. The molecule has 7 heteroatoms. The van der Waals surface area contributed by atoms with Gasteiger partial charge in [0.2, 0.25) is 0 Å². The number of carboxylic acids is 1. The molecule has 1 aromatic rings. The van der Waals surface area contributed by atoms with Gasteiger partial charge in [-0.3, -0.25) is 14.6 Å². The number of carbonyl (C=O) groups excluding carboxylic acids is 2. The minimum Gasteiger partial charge on any atom is -0.480 e. The summed E-state index contributed by atoms with van der Waals surface area (Å²) >= 11 is 0. The van der Waals surface area contributed by atoms with Crippen LogP contribution in [-0.2, 0) is 4.79 Å². The molecule has 1 atom stereocenters. The van der Waals surface area contributed by atoms with E-state index in [4.69, 9.17) is 5.11 Å². The molecule has 0 radical (unpaired) electrons. The lowest BCUT2D eigenvalue weighted by molar-refractivity contribution is -0.143. The predicted octanol–water partition coefficient (Wildman–Crippen LogP) is 0.424. The Morgan fingerprint density at radius 3 is 2.35 bits per heavy atom. The highest BCUT2D eigenvalue weighted by atomic mass is 16.4. The maximum atomic E-state index is 12.0. The van der Waals surface area contributed by atoms with Gasteiger partial charge in [0.05, 0.1) is 5.56 Å². The van der Waals surface area contributed by atoms with Crippen molar-refractivity contribution < 1.29 is 19.5 Å². The number of carboxylic acid groups (broad SMARTS) is 1. The van der Waals surface area contributed by atoms with Crippen LogP contribution in [0.2, 0.25) is 0 Å². The molecule has 0 saturated heterocycles. The van der Waals surface area contributed by atoms with Crippen LogP contribution in [0.15, 0.2) is 18.3 Å². The van der Waals surface area contributed by atoms with E-state index in [-0.39, 0.29) is 23.6 Å². The Kier molecular flexibility index (Phi) is 4.79. The number of carbonyl (C=O) groups is 3. The van der Waals surface area contributed by atoms with Crippen LogP contribution < -0.4 is 10.6 Å². The average Bonchev–Trinajstić information content (AvgIpc) is 2.46. The fraction of sp³-hybridized carbons (Fsp3) is 0.385. The fourth-order valence-corrected chi connectivity index (χ4v) is 1.41. The largest absolute Gasteiger partial charge is 0.480 e. The molecule has 20 heavy (non-hydrogen) atoms. The summed E-state index contributed by atoms with van der Waals surface area (Å²) in [4.78, 5) is 38.2. The van der Waals surface area contributed by atoms with Gasteiger partial charge in [-0.2, -0.15) is 0 Å². The summed E-state index contributed by atoms with van der Waals surface area (Å²) in [6.07, 6.45) is 1.48. The second-order valence-corrected chi connectivity index (χ2v) is 4.46. The third-order valence-corrected chi connectivity index (χ3v) is 3.05. The molecule has 0 bridgehead atoms. The summed E-state index contributed by atoms with van der Waals surface area (Å²) in [5.74, 6) is -2.02. The van der Waals surface area contributed by atoms with Gasteiger partial charge in [-0.05, 0) is 25.5 Å². The SMILES string of the molecule is CCC(C)(NC(=O)c1ccc(C(=O)NC)nc1)C(=O)O. The molecule has 0 saturated carbocycles. The Balaban J connectivity index is 2.88. The molecule has 3 N–H and O–H groups in total. The summed E-state index contributed by atoms with van der Waals surface area (Å²) < 4.78 is 0. The summed E-state index contributed by atoms with van der Waals surface area (Å²) in [5.41, 5.74) is -0.963. The smallest absolute Gasteiger partial charge is 0.329 e. The third kappa shape index (κ3) is 3.31. The van der Waals surface area contributed by atoms with Crippen LogP contribution in [0.4, 0.5) is 0 Å². The molecule has 1 rings (SSSR count). The van der Waals surface area contributed by atoms with E-state index < -0.39 is 17.4 Å². The highest BCUT2D eigenvalue weighted by Crippen LogP contribution is 2.11. The Bertz CT molecular complexity index is 527. The molecule has 0 aliphatic heterocycles. The lowest BCUT2D eigenvalue weighted by Gasteiger charge is -2.24. The highest BCUT2D eigenvalue weighted by Gasteiger charge is 2.33. The molecule has 0 fully saturated rings. The fourth-order valence-electron chi connectivity index (χ4n) is 1.41. The summed E-state index contributed by atoms with van der Waals surface area (Å²) in [6.45, 7) is 3.10. The normalized spacial score (nSPS) is 13.2. The van der Waals surface area contributed by atoms with Gasteiger partial charge < -0.3 is 15.7 Å². The molecule has 108 valence electrons. The molecule has 0 aliphatic rings. The second-order valence-electron chi connectivity index (χ2n) is 4.46. The number of pyridine rings is 1. The first-order chi connectivity index (χ1) is 9.34. The van der Waals surface area contributed by atoms with Gasteiger partial charge in [0.15, 0.2) is 0 Å². The average molecular weight is 279 g/mol. The van der Waals surface area contributed by atoms with Crippen molar-refractivity contribution in [2.75, 3.05) is 7.05 Å². The molecule has 0 aromatic carbocycles. The number of rotatable bonds is 5. The van der Waals surface area contributed by atoms with Crippen LogP contribution >= 0.6 is 0 Å². The lowest BCUT2D eigenvalue weighted by Crippen LogP contribution is -2.51. The number of amides is 2. The number of aromatic nitrogens is 1. The highest BCUT2D eigenvalue weighted by molar-refractivity contribution is 5.98. The van der Waals surface area contributed by atoms with Gasteiger partial charge in [0, 0.05) is 13.2 Å². The van der Waals surface area contributed by atoms with Crippen molar-refractivity contribution in [3.63, 3.8) is 0 Å². The van der Waals surface area contributed by atoms with E-state index in [2.05, 4.69) is 15.6 Å². The van der Waals surface area contributed by atoms with Crippen molar-refractivity contribution in [3.05, 3.63) is 29.6 Å². The molecule has 2 amide bonds. The Morgan fingerprint density at radius 1 is 1.30 bits per heavy atom. The van der Waals surface area contributed by atoms with Gasteiger partial charge in [-0.25, -0.2) is 4.79 Å². The van der Waals surface area contributed by atoms with Crippen LogP contribution in [0.1, 0.15) is 41.1 Å². The topological polar surface area (TPSA) is 108 Å². The summed E-state index contributed by atoms with van der Waals surface area (Å²) in [6, 6.07) is 2.82. The van der Waals surface area contributed by atoms with Crippen molar-refractivity contribution in [3.8, 4) is 0 Å². The first kappa shape index (κ1) is 15.6. The van der Waals surface area contributed by atoms with Crippen LogP contribution in [0.5, 0.6) is 0 Å². The van der Waals surface area contributed by atoms with Crippen LogP contribution in [0, 0.1) is 0 Å². The van der Waals surface area contributed by atoms with Crippen molar-refractivity contribution in [1.82, 2.24) is 15.6 Å². The Hall–Kier alpha value is -2.44. The monoisotopic (exact) mass is 279 g/mol. The summed E-state index contributed by atoms with van der Waals surface area (Å²) in [5, 5.41) is 13.9. The summed E-state index contributed by atoms with van der Waals surface area (Å²) in [7, 11) is 1.48. The van der Waals surface area contributed by atoms with Crippen molar-refractivity contribution >= 4 is 17.8 Å². The zero-order valence-corrected chi connectivity index (χ0v) is 11.6. The van der Waals surface area contributed by atoms with Gasteiger partial charge in [-0.1, -0.05) is 6.92 Å². The van der Waals surface area contributed by atoms with Gasteiger partial charge in [-0.15, -0.1) is 0 Å². The van der Waals surface area contributed by atoms with E-state index in [1.54, 1.807) is 6.92 Å². The van der Waals surface area contributed by atoms with Crippen LogP contribution in [0.25, 0.3) is 0 Å². The van der Waals surface area contributed by atoms with E-state index in [9.17, 15) is 14.4 Å². The minimum absolute atomic E-state index is 0.181. The van der Waals surface area contributed by atoms with E-state index in [0.717, 1.165) is 0 Å². The lowest BCUT2D eigenvalue weighted by atomic mass is 9.99. The quantitative estimate of drug-likeness (QED) is 0.724. The molecule has 1 aromatic heterocycles. The minimum atomic E-state index is -1.34. The van der Waals surface area contributed by atoms with E-state index >= 15 is 0 Å². The maximum Gasteiger partial charge on any atom is 0.329 e. The molecule has 7 nitrogen and oxygen atoms in total. The van der Waals surface area contributed by atoms with Crippen LogP contribution in [0.3, 0.4) is 0 Å². The molecule has 0 aliphatic carbocycles. The van der Waals surface area contributed by atoms with Crippen molar-refractivity contribution in [1.29, 1.82) is 0 Å². The molecular formula is C13H17N3O4. The number of aliphatic carboxylic acids is 1. The zero-order valence-electron chi connectivity index (χ0n) is 11.6.